The molecule has 0 radical (unpaired) electrons. The predicted octanol–water partition coefficient (Wildman–Crippen LogP) is 2.48. The zero-order valence-electron chi connectivity index (χ0n) is 16.0. The summed E-state index contributed by atoms with van der Waals surface area (Å²) in [5.41, 5.74) is 2.57. The Morgan fingerprint density at radius 2 is 2.04 bits per heavy atom. The van der Waals surface area contributed by atoms with Crippen molar-refractivity contribution in [1.82, 2.24) is 14.6 Å². The Bertz CT molecular complexity index is 1100. The van der Waals surface area contributed by atoms with Crippen molar-refractivity contribution < 1.29 is 9.48 Å². The lowest BCUT2D eigenvalue weighted by atomic mass is 10.0. The summed E-state index contributed by atoms with van der Waals surface area (Å²) in [4.78, 5) is 30.7. The molecule has 1 aliphatic heterocycles. The number of H-pyrrole nitrogens is 1. The van der Waals surface area contributed by atoms with Crippen molar-refractivity contribution in [2.24, 2.45) is 7.05 Å². The highest BCUT2D eigenvalue weighted by Crippen LogP contribution is 2.37. The Kier molecular flexibility index (Phi) is 4.80. The lowest BCUT2D eigenvalue weighted by Crippen LogP contribution is -2.61. The number of carbonyl (C=O) groups excluding carboxylic acids is 1. The van der Waals surface area contributed by atoms with Gasteiger partial charge in [0, 0.05) is 24.8 Å². The third kappa shape index (κ3) is 2.84. The van der Waals surface area contributed by atoms with Gasteiger partial charge in [-0.05, 0) is 34.7 Å². The van der Waals surface area contributed by atoms with Crippen LogP contribution in [0, 0.1) is 0 Å². The fraction of sp³-hybridized carbons (Fsp3) is 0.300. The second kappa shape index (κ2) is 7.27. The average molecular weight is 396 g/mol. The van der Waals surface area contributed by atoms with Gasteiger partial charge in [0.2, 0.25) is 11.1 Å². The molecule has 3 heterocycles. The van der Waals surface area contributed by atoms with Crippen LogP contribution in [-0.2, 0) is 11.8 Å². The lowest BCUT2D eigenvalue weighted by molar-refractivity contribution is -0.763. The molecule has 0 fully saturated rings. The van der Waals surface area contributed by atoms with Gasteiger partial charge < -0.3 is 4.57 Å². The molecule has 0 saturated carbocycles. The van der Waals surface area contributed by atoms with E-state index in [1.807, 2.05) is 68.1 Å². The van der Waals surface area contributed by atoms with Gasteiger partial charge in [-0.15, -0.1) is 0 Å². The summed E-state index contributed by atoms with van der Waals surface area (Å²) in [5.74, 6) is 0.759. The van der Waals surface area contributed by atoms with E-state index in [0.717, 1.165) is 17.1 Å². The van der Waals surface area contributed by atoms with Crippen molar-refractivity contribution in [1.29, 1.82) is 0 Å². The number of para-hydroxylation sites is 1. The zero-order valence-corrected chi connectivity index (χ0v) is 16.9. The normalized spacial score (nSPS) is 15.2. The number of thioether (sulfide) groups is 1. The minimum atomic E-state index is -0.532. The number of anilines is 1. The number of amides is 1. The fourth-order valence-electron chi connectivity index (χ4n) is 3.62. The lowest BCUT2D eigenvalue weighted by Gasteiger charge is -2.31. The number of hydrogen-bond acceptors (Lipinski definition) is 4. The van der Waals surface area contributed by atoms with Crippen LogP contribution in [0.1, 0.15) is 32.1 Å². The number of aromatic amines is 1. The van der Waals surface area contributed by atoms with Crippen LogP contribution in [0.15, 0.2) is 52.5 Å². The van der Waals surface area contributed by atoms with Crippen LogP contribution in [0.5, 0.6) is 0 Å². The number of hydrogen-bond donors (Lipinski definition) is 1. The molecule has 0 spiro atoms. The summed E-state index contributed by atoms with van der Waals surface area (Å²) in [6.07, 6.45) is 1.75. The monoisotopic (exact) mass is 396 g/mol. The molecule has 3 aromatic rings. The van der Waals surface area contributed by atoms with E-state index in [2.05, 4.69) is 4.98 Å². The highest BCUT2D eigenvalue weighted by molar-refractivity contribution is 7.99. The molecule has 1 unspecified atom stereocenters. The molecule has 1 amide bonds. The molecule has 0 saturated heterocycles. The van der Waals surface area contributed by atoms with Gasteiger partial charge in [-0.1, -0.05) is 37.7 Å². The van der Waals surface area contributed by atoms with Crippen molar-refractivity contribution >= 4 is 23.4 Å². The third-order valence-electron chi connectivity index (χ3n) is 4.86. The molecule has 7 nitrogen and oxygen atoms in total. The minimum Gasteiger partial charge on any atom is -0.347 e. The Balaban J connectivity index is 2.08. The molecular weight excluding hydrogens is 374 g/mol. The summed E-state index contributed by atoms with van der Waals surface area (Å²) < 4.78 is 3.66. The van der Waals surface area contributed by atoms with Crippen LogP contribution < -0.4 is 15.1 Å². The molecule has 1 atom stereocenters. The van der Waals surface area contributed by atoms with Crippen LogP contribution in [0.3, 0.4) is 0 Å². The molecule has 28 heavy (non-hydrogen) atoms. The summed E-state index contributed by atoms with van der Waals surface area (Å²) in [5, 5.41) is 5.27. The number of nitrogens with zero attached hydrogens (tertiary/aromatic N) is 4. The predicted molar refractivity (Wildman–Crippen MR) is 108 cm³/mol. The molecule has 8 heteroatoms. The van der Waals surface area contributed by atoms with E-state index >= 15 is 0 Å². The van der Waals surface area contributed by atoms with Crippen molar-refractivity contribution in [3.8, 4) is 11.3 Å². The maximum absolute atomic E-state index is 13.0. The molecule has 1 N–H and O–H groups in total. The Morgan fingerprint density at radius 3 is 2.71 bits per heavy atom. The third-order valence-corrected chi connectivity index (χ3v) is 5.60. The summed E-state index contributed by atoms with van der Waals surface area (Å²) in [7, 11) is 1.93. The topological polar surface area (TPSA) is 74.9 Å². The Labute approximate surface area is 167 Å². The van der Waals surface area contributed by atoms with Gasteiger partial charge in [-0.3, -0.25) is 14.6 Å². The standard InChI is InChI=1S/C20H21N5O2S/c1-4-16(26)24-14-10-7-6-9-13(14)17-18(27)21-20(28-5-2)22-25(17)19(24)15-11-8-12-23(15)3/h6-12,19H,4-5H2,1-3H3/p+1. The zero-order chi connectivity index (χ0) is 19.8. The fourth-order valence-corrected chi connectivity index (χ4v) is 4.21. The first kappa shape index (κ1) is 18.5. The second-order valence-electron chi connectivity index (χ2n) is 6.54. The number of benzene rings is 1. The number of aromatic nitrogens is 4. The van der Waals surface area contributed by atoms with E-state index in [1.54, 1.807) is 9.58 Å². The van der Waals surface area contributed by atoms with Crippen molar-refractivity contribution in [2.75, 3.05) is 10.7 Å². The van der Waals surface area contributed by atoms with Gasteiger partial charge in [-0.25, -0.2) is 4.90 Å². The smallest absolute Gasteiger partial charge is 0.325 e. The minimum absolute atomic E-state index is 0.0245. The van der Waals surface area contributed by atoms with Gasteiger partial charge in [0.05, 0.1) is 11.3 Å². The number of rotatable bonds is 4. The first-order valence-corrected chi connectivity index (χ1v) is 10.3. The van der Waals surface area contributed by atoms with Gasteiger partial charge >= 0.3 is 17.4 Å². The maximum atomic E-state index is 13.0. The summed E-state index contributed by atoms with van der Waals surface area (Å²) in [6.45, 7) is 3.85. The van der Waals surface area contributed by atoms with E-state index in [1.165, 1.54) is 11.8 Å². The van der Waals surface area contributed by atoms with Crippen molar-refractivity contribution in [3.63, 3.8) is 0 Å². The number of nitrogens with one attached hydrogen (secondary N) is 1. The van der Waals surface area contributed by atoms with E-state index in [9.17, 15) is 9.59 Å². The van der Waals surface area contributed by atoms with Gasteiger partial charge in [0.25, 0.3) is 0 Å². The number of fused-ring (bicyclic) bond motifs is 3. The molecule has 0 aliphatic carbocycles. The molecule has 4 rings (SSSR count). The SMILES string of the molecule is CCSc1n[n+]2c(c(=O)[nH]1)-c1ccccc1N(C(=O)CC)C2c1cccn1C. The average Bonchev–Trinajstić information content (AvgIpc) is 3.11. The Hall–Kier alpha value is -2.87. The van der Waals surface area contributed by atoms with Gasteiger partial charge in [0.1, 0.15) is 5.69 Å². The quantitative estimate of drug-likeness (QED) is 0.543. The van der Waals surface area contributed by atoms with E-state index < -0.39 is 6.17 Å². The van der Waals surface area contributed by atoms with Crippen LogP contribution in [0.4, 0.5) is 5.69 Å². The molecule has 0 bridgehead atoms. The van der Waals surface area contributed by atoms with E-state index in [4.69, 9.17) is 5.10 Å². The van der Waals surface area contributed by atoms with Crippen molar-refractivity contribution in [2.45, 2.75) is 31.6 Å². The second-order valence-corrected chi connectivity index (χ2v) is 7.79. The largest absolute Gasteiger partial charge is 0.347 e. The maximum Gasteiger partial charge on any atom is 0.325 e. The molecule has 2 aromatic heterocycles. The molecule has 144 valence electrons. The Morgan fingerprint density at radius 1 is 1.25 bits per heavy atom. The molecule has 1 aliphatic rings. The van der Waals surface area contributed by atoms with E-state index in [-0.39, 0.29) is 11.5 Å². The molecule has 1 aromatic carbocycles. The van der Waals surface area contributed by atoms with Crippen LogP contribution in [0.2, 0.25) is 0 Å². The first-order valence-electron chi connectivity index (χ1n) is 9.28. The summed E-state index contributed by atoms with van der Waals surface area (Å²) >= 11 is 1.46. The number of aryl methyl sites for hydroxylation is 1. The number of carbonyl (C=O) groups is 1. The highest BCUT2D eigenvalue weighted by Gasteiger charge is 2.46. The highest BCUT2D eigenvalue weighted by atomic mass is 32.2. The van der Waals surface area contributed by atoms with Gasteiger partial charge in [-0.2, -0.15) is 0 Å². The van der Waals surface area contributed by atoms with Gasteiger partial charge in [0.15, 0.2) is 0 Å². The van der Waals surface area contributed by atoms with E-state index in [0.29, 0.717) is 22.8 Å². The van der Waals surface area contributed by atoms with Crippen LogP contribution in [0.25, 0.3) is 11.3 Å². The molecular formula is C20H22N5O2S+. The van der Waals surface area contributed by atoms with Crippen LogP contribution in [-0.4, -0.2) is 26.3 Å². The first-order chi connectivity index (χ1) is 13.6. The van der Waals surface area contributed by atoms with Crippen LogP contribution >= 0.6 is 11.8 Å². The summed E-state index contributed by atoms with van der Waals surface area (Å²) in [6, 6.07) is 11.4. The van der Waals surface area contributed by atoms with Crippen molar-refractivity contribution in [3.05, 3.63) is 58.6 Å².